The molecule has 1 unspecified atom stereocenters. The summed E-state index contributed by atoms with van der Waals surface area (Å²) in [5, 5.41) is 15.6. The van der Waals surface area contributed by atoms with E-state index in [1.807, 2.05) is 20.8 Å². The van der Waals surface area contributed by atoms with Crippen molar-refractivity contribution in [1.29, 1.82) is 0 Å². The van der Waals surface area contributed by atoms with Crippen LogP contribution in [0.4, 0.5) is 0 Å². The number of nitrogens with one attached hydrogen (secondary N) is 2. The van der Waals surface area contributed by atoms with E-state index in [1.165, 1.54) is 0 Å². The van der Waals surface area contributed by atoms with Crippen molar-refractivity contribution >= 4 is 5.91 Å². The Bertz CT molecular complexity index is 235. The minimum atomic E-state index is -0.438. The van der Waals surface area contributed by atoms with Crippen LogP contribution in [0.15, 0.2) is 0 Å². The van der Waals surface area contributed by atoms with Gasteiger partial charge in [-0.15, -0.1) is 0 Å². The summed E-state index contributed by atoms with van der Waals surface area (Å²) in [5.74, 6) is -0.0439. The van der Waals surface area contributed by atoms with Gasteiger partial charge >= 0.3 is 0 Å². The Morgan fingerprint density at radius 1 is 1.28 bits per heavy atom. The molecule has 3 N–H and O–H groups in total. The third-order valence-corrected chi connectivity index (χ3v) is 2.54. The molecule has 0 rings (SSSR count). The number of aliphatic hydroxyl groups is 1. The molecule has 0 fully saturated rings. The van der Waals surface area contributed by atoms with Crippen molar-refractivity contribution in [2.24, 2.45) is 0 Å². The van der Waals surface area contributed by atoms with Gasteiger partial charge in [0.1, 0.15) is 0 Å². The zero-order valence-corrected chi connectivity index (χ0v) is 12.4. The lowest BCUT2D eigenvalue weighted by atomic mass is 10.1. The quantitative estimate of drug-likeness (QED) is 0.582. The summed E-state index contributed by atoms with van der Waals surface area (Å²) >= 11 is 0. The summed E-state index contributed by atoms with van der Waals surface area (Å²) in [6.07, 6.45) is -0.438. The Morgan fingerprint density at radius 2 is 1.83 bits per heavy atom. The van der Waals surface area contributed by atoms with Gasteiger partial charge in [0, 0.05) is 18.6 Å². The molecular weight excluding hydrogens is 230 g/mol. The van der Waals surface area contributed by atoms with Crippen molar-refractivity contribution in [3.63, 3.8) is 0 Å². The first-order valence-corrected chi connectivity index (χ1v) is 6.70. The second kappa shape index (κ2) is 8.45. The third-order valence-electron chi connectivity index (χ3n) is 2.54. The zero-order chi connectivity index (χ0) is 14.2. The van der Waals surface area contributed by atoms with E-state index in [2.05, 4.69) is 29.4 Å². The number of hydrogen-bond acceptors (Lipinski definition) is 4. The van der Waals surface area contributed by atoms with Gasteiger partial charge in [-0.3, -0.25) is 4.79 Å². The largest absolute Gasteiger partial charge is 0.390 e. The van der Waals surface area contributed by atoms with Crippen LogP contribution in [0, 0.1) is 0 Å². The zero-order valence-electron chi connectivity index (χ0n) is 12.4. The molecule has 0 aromatic carbocycles. The molecule has 0 heterocycles. The Hall–Kier alpha value is -0.650. The molecule has 0 bridgehead atoms. The van der Waals surface area contributed by atoms with Crippen LogP contribution in [0.25, 0.3) is 0 Å². The van der Waals surface area contributed by atoms with Crippen molar-refractivity contribution in [3.05, 3.63) is 0 Å². The van der Waals surface area contributed by atoms with E-state index in [0.717, 1.165) is 13.1 Å². The van der Waals surface area contributed by atoms with Crippen molar-refractivity contribution in [1.82, 2.24) is 15.5 Å². The number of carbonyl (C=O) groups is 1. The van der Waals surface area contributed by atoms with Crippen molar-refractivity contribution < 1.29 is 9.90 Å². The van der Waals surface area contributed by atoms with Crippen LogP contribution >= 0.6 is 0 Å². The topological polar surface area (TPSA) is 64.6 Å². The van der Waals surface area contributed by atoms with E-state index >= 15 is 0 Å². The summed E-state index contributed by atoms with van der Waals surface area (Å²) in [6.45, 7) is 13.2. The number of aliphatic hydroxyl groups excluding tert-OH is 1. The van der Waals surface area contributed by atoms with Crippen LogP contribution < -0.4 is 10.6 Å². The molecule has 5 nitrogen and oxygen atoms in total. The minimum absolute atomic E-state index is 0.0439. The van der Waals surface area contributed by atoms with Gasteiger partial charge in [0.2, 0.25) is 5.91 Å². The number of hydrogen-bond donors (Lipinski definition) is 3. The maximum atomic E-state index is 11.5. The van der Waals surface area contributed by atoms with Gasteiger partial charge in [-0.2, -0.15) is 0 Å². The average molecular weight is 259 g/mol. The highest BCUT2D eigenvalue weighted by molar-refractivity contribution is 5.78. The fourth-order valence-corrected chi connectivity index (χ4v) is 1.66. The molecule has 0 aliphatic heterocycles. The van der Waals surface area contributed by atoms with E-state index < -0.39 is 6.10 Å². The number of amides is 1. The highest BCUT2D eigenvalue weighted by atomic mass is 16.3. The number of nitrogens with zero attached hydrogens (tertiary/aromatic N) is 1. The van der Waals surface area contributed by atoms with Gasteiger partial charge in [0.05, 0.1) is 12.6 Å². The first kappa shape index (κ1) is 17.4. The highest BCUT2D eigenvalue weighted by Crippen LogP contribution is 1.97. The Labute approximate surface area is 111 Å². The number of carbonyl (C=O) groups excluding carboxylic acids is 1. The van der Waals surface area contributed by atoms with Gasteiger partial charge in [0.15, 0.2) is 0 Å². The second-order valence-corrected chi connectivity index (χ2v) is 5.57. The Kier molecular flexibility index (Phi) is 8.15. The van der Waals surface area contributed by atoms with Gasteiger partial charge in [-0.25, -0.2) is 0 Å². The fraction of sp³-hybridized carbons (Fsp3) is 0.923. The molecule has 18 heavy (non-hydrogen) atoms. The lowest BCUT2D eigenvalue weighted by molar-refractivity contribution is -0.121. The summed E-state index contributed by atoms with van der Waals surface area (Å²) in [5.41, 5.74) is -0.210. The summed E-state index contributed by atoms with van der Waals surface area (Å²) in [4.78, 5) is 13.7. The normalized spacial score (nSPS) is 13.7. The average Bonchev–Trinajstić information content (AvgIpc) is 2.23. The van der Waals surface area contributed by atoms with E-state index in [-0.39, 0.29) is 18.0 Å². The molecule has 0 spiro atoms. The molecule has 0 aliphatic rings. The van der Waals surface area contributed by atoms with E-state index in [1.54, 1.807) is 0 Å². The van der Waals surface area contributed by atoms with Crippen LogP contribution in [-0.4, -0.2) is 60.3 Å². The maximum absolute atomic E-state index is 11.5. The minimum Gasteiger partial charge on any atom is -0.390 e. The van der Waals surface area contributed by atoms with Crippen LogP contribution in [0.3, 0.4) is 0 Å². The lowest BCUT2D eigenvalue weighted by Crippen LogP contribution is -2.46. The molecule has 5 heteroatoms. The maximum Gasteiger partial charge on any atom is 0.234 e. The summed E-state index contributed by atoms with van der Waals surface area (Å²) < 4.78 is 0. The van der Waals surface area contributed by atoms with Gasteiger partial charge in [-0.1, -0.05) is 13.8 Å². The second-order valence-electron chi connectivity index (χ2n) is 5.57. The molecular formula is C13H29N3O2. The van der Waals surface area contributed by atoms with Gasteiger partial charge < -0.3 is 20.6 Å². The Morgan fingerprint density at radius 3 is 2.28 bits per heavy atom. The Balaban J connectivity index is 3.74. The van der Waals surface area contributed by atoms with Crippen LogP contribution in [0.1, 0.15) is 34.6 Å². The van der Waals surface area contributed by atoms with Crippen LogP contribution in [0.5, 0.6) is 0 Å². The summed E-state index contributed by atoms with van der Waals surface area (Å²) in [7, 11) is 0. The number of likely N-dealkylation sites (N-methyl/N-ethyl adjacent to an activating group) is 1. The molecule has 108 valence electrons. The SMILES string of the molecule is CCN(CC)CC(O)CNCC(=O)NC(C)(C)C. The van der Waals surface area contributed by atoms with E-state index in [9.17, 15) is 9.90 Å². The van der Waals surface area contributed by atoms with Crippen LogP contribution in [-0.2, 0) is 4.79 Å². The first-order valence-electron chi connectivity index (χ1n) is 6.70. The summed E-state index contributed by atoms with van der Waals surface area (Å²) in [6, 6.07) is 0. The molecule has 0 aliphatic carbocycles. The predicted molar refractivity (Wildman–Crippen MR) is 74.6 cm³/mol. The lowest BCUT2D eigenvalue weighted by Gasteiger charge is -2.23. The van der Waals surface area contributed by atoms with Gasteiger partial charge in [0.25, 0.3) is 0 Å². The van der Waals surface area contributed by atoms with Crippen molar-refractivity contribution in [2.45, 2.75) is 46.3 Å². The van der Waals surface area contributed by atoms with E-state index in [4.69, 9.17) is 0 Å². The van der Waals surface area contributed by atoms with E-state index in [0.29, 0.717) is 13.1 Å². The molecule has 1 atom stereocenters. The fourth-order valence-electron chi connectivity index (χ4n) is 1.66. The monoisotopic (exact) mass is 259 g/mol. The van der Waals surface area contributed by atoms with Crippen LogP contribution in [0.2, 0.25) is 0 Å². The molecule has 0 aromatic heterocycles. The standard InChI is InChI=1S/C13H29N3O2/c1-6-16(7-2)10-11(17)8-14-9-12(18)15-13(3,4)5/h11,14,17H,6-10H2,1-5H3,(H,15,18). The number of rotatable bonds is 8. The molecule has 0 radical (unpaired) electrons. The van der Waals surface area contributed by atoms with Gasteiger partial charge in [-0.05, 0) is 33.9 Å². The molecule has 0 saturated heterocycles. The third kappa shape index (κ3) is 9.39. The van der Waals surface area contributed by atoms with Crippen molar-refractivity contribution in [3.8, 4) is 0 Å². The molecule has 0 aromatic rings. The smallest absolute Gasteiger partial charge is 0.234 e. The van der Waals surface area contributed by atoms with Crippen molar-refractivity contribution in [2.75, 3.05) is 32.7 Å². The molecule has 0 saturated carbocycles. The predicted octanol–water partition coefficient (Wildman–Crippen LogP) is 0.193. The first-order chi connectivity index (χ1) is 8.28. The molecule has 1 amide bonds. The highest BCUT2D eigenvalue weighted by Gasteiger charge is 2.14.